The van der Waals surface area contributed by atoms with Gasteiger partial charge in [-0.25, -0.2) is 0 Å². The van der Waals surface area contributed by atoms with E-state index in [-0.39, 0.29) is 0 Å². The largest absolute Gasteiger partial charge is 0.300 e. The zero-order valence-corrected chi connectivity index (χ0v) is 8.62. The number of Topliss-reactive ketones (excluding diaryl/α,β-unsaturated/α-hetero) is 1. The summed E-state index contributed by atoms with van der Waals surface area (Å²) < 4.78 is 0. The van der Waals surface area contributed by atoms with Gasteiger partial charge in [-0.05, 0) is 26.7 Å². The van der Waals surface area contributed by atoms with Crippen LogP contribution in [0.4, 0.5) is 0 Å². The molecule has 1 aliphatic heterocycles. The van der Waals surface area contributed by atoms with E-state index >= 15 is 0 Å². The molecule has 0 radical (unpaired) electrons. The number of rotatable bonds is 1. The normalized spacial score (nSPS) is 35.5. The Hall–Kier alpha value is -0.370. The molecule has 2 fully saturated rings. The predicted octanol–water partition coefficient (Wildman–Crippen LogP) is 1.70. The third-order valence-corrected chi connectivity index (χ3v) is 3.55. The van der Waals surface area contributed by atoms with Gasteiger partial charge < -0.3 is 0 Å². The predicted molar refractivity (Wildman–Crippen MR) is 52.5 cm³/mol. The minimum absolute atomic E-state index is 0.370. The molecule has 0 amide bonds. The Bertz CT molecular complexity index is 196. The first-order chi connectivity index (χ1) is 6.18. The molecule has 0 aromatic carbocycles. The van der Waals surface area contributed by atoms with Crippen LogP contribution in [0.2, 0.25) is 0 Å². The van der Waals surface area contributed by atoms with Crippen molar-refractivity contribution in [2.45, 2.75) is 39.2 Å². The minimum Gasteiger partial charge on any atom is -0.300 e. The zero-order valence-electron chi connectivity index (χ0n) is 8.62. The Morgan fingerprint density at radius 2 is 1.77 bits per heavy atom. The lowest BCUT2D eigenvalue weighted by atomic mass is 9.76. The Balaban J connectivity index is 2.07. The monoisotopic (exact) mass is 181 g/mol. The summed E-state index contributed by atoms with van der Waals surface area (Å²) in [6.45, 7) is 6.50. The molecule has 2 aliphatic rings. The number of ketones is 1. The fourth-order valence-electron chi connectivity index (χ4n) is 2.65. The van der Waals surface area contributed by atoms with E-state index in [1.807, 2.05) is 0 Å². The van der Waals surface area contributed by atoms with E-state index in [1.165, 1.54) is 6.42 Å². The van der Waals surface area contributed by atoms with Gasteiger partial charge in [0, 0.05) is 31.0 Å². The summed E-state index contributed by atoms with van der Waals surface area (Å²) in [7, 11) is 0. The average Bonchev–Trinajstić information content (AvgIpc) is 2.02. The molecule has 0 aromatic rings. The average molecular weight is 181 g/mol. The van der Waals surface area contributed by atoms with Crippen LogP contribution in [-0.4, -0.2) is 29.8 Å². The molecule has 0 N–H and O–H groups in total. The highest BCUT2D eigenvalue weighted by molar-refractivity contribution is 5.85. The summed E-state index contributed by atoms with van der Waals surface area (Å²) in [5.74, 6) is 1.30. The van der Waals surface area contributed by atoms with Crippen molar-refractivity contribution in [1.82, 2.24) is 4.90 Å². The summed E-state index contributed by atoms with van der Waals surface area (Å²) in [5, 5.41) is 0. The van der Waals surface area contributed by atoms with E-state index in [0.717, 1.165) is 25.9 Å². The highest BCUT2D eigenvalue weighted by atomic mass is 16.1. The van der Waals surface area contributed by atoms with Crippen LogP contribution in [0.3, 0.4) is 0 Å². The van der Waals surface area contributed by atoms with Crippen molar-refractivity contribution < 1.29 is 4.79 Å². The summed E-state index contributed by atoms with van der Waals surface area (Å²) in [6, 6.07) is 0.608. The van der Waals surface area contributed by atoms with Crippen LogP contribution in [0.5, 0.6) is 0 Å². The molecular formula is C11H19NO. The van der Waals surface area contributed by atoms with E-state index in [9.17, 15) is 4.79 Å². The molecule has 1 saturated carbocycles. The second-order valence-electron chi connectivity index (χ2n) is 4.77. The smallest absolute Gasteiger partial charge is 0.141 e. The standard InChI is InChI=1S/C11H19NO/c1-8(2)12-6-9-4-3-5-10(7-12)11(9)13/h8-10H,3-7H2,1-2H3/t9-,10-/m0/s1. The van der Waals surface area contributed by atoms with Crippen LogP contribution in [0.15, 0.2) is 0 Å². The Kier molecular flexibility index (Phi) is 2.41. The maximum atomic E-state index is 11.7. The van der Waals surface area contributed by atoms with Gasteiger partial charge in [0.2, 0.25) is 0 Å². The lowest BCUT2D eigenvalue weighted by Crippen LogP contribution is -2.51. The van der Waals surface area contributed by atoms with E-state index in [1.54, 1.807) is 0 Å². The van der Waals surface area contributed by atoms with Crippen molar-refractivity contribution in [2.75, 3.05) is 13.1 Å². The Morgan fingerprint density at radius 3 is 2.23 bits per heavy atom. The minimum atomic E-state index is 0.370. The topological polar surface area (TPSA) is 20.3 Å². The maximum Gasteiger partial charge on any atom is 0.141 e. The van der Waals surface area contributed by atoms with Gasteiger partial charge in [-0.1, -0.05) is 6.42 Å². The molecule has 2 atom stereocenters. The number of carbonyl (C=O) groups is 1. The first kappa shape index (κ1) is 9.20. The van der Waals surface area contributed by atoms with E-state index < -0.39 is 0 Å². The third kappa shape index (κ3) is 1.64. The first-order valence-corrected chi connectivity index (χ1v) is 5.46. The van der Waals surface area contributed by atoms with E-state index in [4.69, 9.17) is 0 Å². The molecule has 74 valence electrons. The van der Waals surface area contributed by atoms with Gasteiger partial charge in [0.25, 0.3) is 0 Å². The lowest BCUT2D eigenvalue weighted by molar-refractivity contribution is -0.135. The molecule has 1 saturated heterocycles. The first-order valence-electron chi connectivity index (χ1n) is 5.46. The number of piperidine rings is 1. The molecule has 13 heavy (non-hydrogen) atoms. The van der Waals surface area contributed by atoms with Gasteiger partial charge in [0.05, 0.1) is 0 Å². The second-order valence-corrected chi connectivity index (χ2v) is 4.77. The molecule has 2 nitrogen and oxygen atoms in total. The van der Waals surface area contributed by atoms with Gasteiger partial charge in [-0.3, -0.25) is 9.69 Å². The van der Waals surface area contributed by atoms with Crippen LogP contribution in [-0.2, 0) is 4.79 Å². The molecule has 2 rings (SSSR count). The fraction of sp³-hybridized carbons (Fsp3) is 0.909. The van der Waals surface area contributed by atoms with Crippen LogP contribution in [0.25, 0.3) is 0 Å². The van der Waals surface area contributed by atoms with Crippen molar-refractivity contribution in [1.29, 1.82) is 0 Å². The highest BCUT2D eigenvalue weighted by Crippen LogP contribution is 2.32. The lowest BCUT2D eigenvalue weighted by Gasteiger charge is -2.41. The van der Waals surface area contributed by atoms with Crippen molar-refractivity contribution in [3.8, 4) is 0 Å². The molecular weight excluding hydrogens is 162 g/mol. The molecule has 0 unspecified atom stereocenters. The molecule has 1 aliphatic carbocycles. The van der Waals surface area contributed by atoms with Crippen LogP contribution in [0.1, 0.15) is 33.1 Å². The van der Waals surface area contributed by atoms with E-state index in [2.05, 4.69) is 18.7 Å². The van der Waals surface area contributed by atoms with Gasteiger partial charge in [0.15, 0.2) is 0 Å². The number of nitrogens with zero attached hydrogens (tertiary/aromatic N) is 1. The second kappa shape index (κ2) is 3.41. The molecule has 2 heteroatoms. The summed E-state index contributed by atoms with van der Waals surface area (Å²) in [4.78, 5) is 14.2. The van der Waals surface area contributed by atoms with Crippen molar-refractivity contribution in [3.63, 3.8) is 0 Å². The quantitative estimate of drug-likeness (QED) is 0.613. The summed E-state index contributed by atoms with van der Waals surface area (Å²) >= 11 is 0. The Labute approximate surface area is 80.3 Å². The van der Waals surface area contributed by atoms with E-state index in [0.29, 0.717) is 23.7 Å². The van der Waals surface area contributed by atoms with Gasteiger partial charge in [-0.15, -0.1) is 0 Å². The highest BCUT2D eigenvalue weighted by Gasteiger charge is 2.38. The van der Waals surface area contributed by atoms with Gasteiger partial charge in [0.1, 0.15) is 5.78 Å². The third-order valence-electron chi connectivity index (χ3n) is 3.55. The molecule has 1 heterocycles. The Morgan fingerprint density at radius 1 is 1.23 bits per heavy atom. The number of carbonyl (C=O) groups excluding carboxylic acids is 1. The van der Waals surface area contributed by atoms with Crippen LogP contribution >= 0.6 is 0 Å². The van der Waals surface area contributed by atoms with Crippen molar-refractivity contribution >= 4 is 5.78 Å². The molecule has 2 bridgehead atoms. The molecule has 0 spiro atoms. The zero-order chi connectivity index (χ0) is 9.42. The van der Waals surface area contributed by atoms with Crippen LogP contribution < -0.4 is 0 Å². The summed E-state index contributed by atoms with van der Waals surface area (Å²) in [5.41, 5.74) is 0. The number of likely N-dealkylation sites (tertiary alicyclic amines) is 1. The number of hydrogen-bond acceptors (Lipinski definition) is 2. The van der Waals surface area contributed by atoms with Crippen LogP contribution in [0, 0.1) is 11.8 Å². The number of hydrogen-bond donors (Lipinski definition) is 0. The number of fused-ring (bicyclic) bond motifs is 2. The molecule has 0 aromatic heterocycles. The summed E-state index contributed by atoms with van der Waals surface area (Å²) in [6.07, 6.45) is 3.55. The van der Waals surface area contributed by atoms with Crippen molar-refractivity contribution in [3.05, 3.63) is 0 Å². The fourth-order valence-corrected chi connectivity index (χ4v) is 2.65. The van der Waals surface area contributed by atoms with Gasteiger partial charge >= 0.3 is 0 Å². The maximum absolute atomic E-state index is 11.7. The van der Waals surface area contributed by atoms with Gasteiger partial charge in [-0.2, -0.15) is 0 Å². The van der Waals surface area contributed by atoms with Crippen molar-refractivity contribution in [2.24, 2.45) is 11.8 Å². The SMILES string of the molecule is CC(C)N1C[C@@H]2CCC[C@@H](C1)C2=O.